The van der Waals surface area contributed by atoms with Crippen molar-refractivity contribution < 1.29 is 0 Å². The fourth-order valence-corrected chi connectivity index (χ4v) is 7.83. The molecular formula is C30H30P2. The first-order chi connectivity index (χ1) is 15.5. The second kappa shape index (κ2) is 10.4. The summed E-state index contributed by atoms with van der Waals surface area (Å²) < 4.78 is 0. The van der Waals surface area contributed by atoms with Crippen LogP contribution in [0.2, 0.25) is 0 Å². The van der Waals surface area contributed by atoms with E-state index in [-0.39, 0.29) is 0 Å². The molecule has 0 amide bonds. The Kier molecular flexibility index (Phi) is 7.36. The molecule has 0 unspecified atom stereocenters. The average Bonchev–Trinajstić information content (AvgIpc) is 2.80. The zero-order chi connectivity index (χ0) is 22.5. The molecule has 0 heterocycles. The van der Waals surface area contributed by atoms with Crippen LogP contribution in [-0.4, -0.2) is 0 Å². The van der Waals surface area contributed by atoms with E-state index < -0.39 is 15.8 Å². The van der Waals surface area contributed by atoms with E-state index in [1.54, 1.807) is 0 Å². The summed E-state index contributed by atoms with van der Waals surface area (Å²) in [7, 11) is -1.13. The highest BCUT2D eigenvalue weighted by atomic mass is 31.1. The first kappa shape index (κ1) is 22.7. The zero-order valence-corrected chi connectivity index (χ0v) is 21.1. The predicted molar refractivity (Wildman–Crippen MR) is 146 cm³/mol. The minimum absolute atomic E-state index is 0.566. The minimum Gasteiger partial charge on any atom is -0.0587 e. The molecule has 0 fully saturated rings. The number of hydrogen-bond acceptors (Lipinski definition) is 0. The maximum absolute atomic E-state index is 2.48. The highest BCUT2D eigenvalue weighted by Crippen LogP contribution is 2.42. The maximum atomic E-state index is 2.48. The first-order valence-corrected chi connectivity index (χ1v) is 13.9. The van der Waals surface area contributed by atoms with Crippen molar-refractivity contribution in [2.24, 2.45) is 0 Å². The summed E-state index contributed by atoms with van der Waals surface area (Å²) in [6.45, 7) is 8.62. The van der Waals surface area contributed by atoms with Crippen molar-refractivity contribution in [1.82, 2.24) is 0 Å². The van der Waals surface area contributed by atoms with Crippen molar-refractivity contribution in [2.75, 3.05) is 0 Å². The van der Waals surface area contributed by atoms with Gasteiger partial charge < -0.3 is 0 Å². The largest absolute Gasteiger partial charge is 0.0587 e. The molecule has 0 saturated carbocycles. The number of rotatable bonds is 6. The summed E-state index contributed by atoms with van der Waals surface area (Å²) in [4.78, 5) is 0. The summed E-state index contributed by atoms with van der Waals surface area (Å²) in [5, 5.41) is 5.59. The van der Waals surface area contributed by atoms with Gasteiger partial charge in [0.1, 0.15) is 0 Å². The summed E-state index contributed by atoms with van der Waals surface area (Å²) in [6.07, 6.45) is 0. The molecule has 0 atom stereocenters. The van der Waals surface area contributed by atoms with Gasteiger partial charge in [0.2, 0.25) is 0 Å². The van der Waals surface area contributed by atoms with Crippen molar-refractivity contribution in [2.45, 2.75) is 27.7 Å². The monoisotopic (exact) mass is 452 g/mol. The molecule has 0 aliphatic heterocycles. The normalized spacial score (nSPS) is 11.6. The van der Waals surface area contributed by atoms with Gasteiger partial charge in [-0.15, -0.1) is 0 Å². The quantitative estimate of drug-likeness (QED) is 0.278. The van der Waals surface area contributed by atoms with Gasteiger partial charge in [-0.2, -0.15) is 0 Å². The smallest absolute Gasteiger partial charge is 0.0156 e. The summed E-state index contributed by atoms with van der Waals surface area (Å²) in [6, 6.07) is 36.2. The van der Waals surface area contributed by atoms with Crippen molar-refractivity contribution >= 4 is 37.1 Å². The second-order valence-electron chi connectivity index (χ2n) is 8.38. The van der Waals surface area contributed by atoms with Crippen LogP contribution in [0.25, 0.3) is 0 Å². The Hall–Kier alpha value is -2.52. The van der Waals surface area contributed by atoms with Crippen LogP contribution in [-0.2, 0) is 0 Å². The van der Waals surface area contributed by atoms with Gasteiger partial charge in [0.25, 0.3) is 0 Å². The van der Waals surface area contributed by atoms with Gasteiger partial charge in [-0.05, 0) is 64.8 Å². The van der Waals surface area contributed by atoms with Gasteiger partial charge in [-0.3, -0.25) is 0 Å². The third-order valence-electron chi connectivity index (χ3n) is 5.61. The number of hydrogen-bond donors (Lipinski definition) is 0. The number of benzene rings is 4. The van der Waals surface area contributed by atoms with Crippen LogP contribution in [0.15, 0.2) is 109 Å². The molecule has 4 aromatic carbocycles. The van der Waals surface area contributed by atoms with Crippen LogP contribution in [0.3, 0.4) is 0 Å². The lowest BCUT2D eigenvalue weighted by Crippen LogP contribution is -2.12. The third-order valence-corrected chi connectivity index (χ3v) is 10.2. The Labute approximate surface area is 195 Å². The van der Waals surface area contributed by atoms with Crippen LogP contribution in [0.4, 0.5) is 0 Å². The van der Waals surface area contributed by atoms with E-state index in [9.17, 15) is 0 Å². The first-order valence-electron chi connectivity index (χ1n) is 11.0. The van der Waals surface area contributed by atoms with Gasteiger partial charge in [-0.25, -0.2) is 0 Å². The molecular weight excluding hydrogens is 422 g/mol. The fourth-order valence-electron chi connectivity index (χ4n) is 3.60. The molecule has 2 heteroatoms. The molecule has 32 heavy (non-hydrogen) atoms. The zero-order valence-electron chi connectivity index (χ0n) is 19.3. The Morgan fingerprint density at radius 1 is 0.344 bits per heavy atom. The van der Waals surface area contributed by atoms with E-state index >= 15 is 0 Å². The van der Waals surface area contributed by atoms with E-state index in [1.165, 1.54) is 43.5 Å². The molecule has 0 radical (unpaired) electrons. The van der Waals surface area contributed by atoms with Gasteiger partial charge in [-0.1, -0.05) is 131 Å². The predicted octanol–water partition coefficient (Wildman–Crippen LogP) is 6.96. The highest BCUT2D eigenvalue weighted by molar-refractivity contribution is 7.79. The molecule has 160 valence electrons. The van der Waals surface area contributed by atoms with Crippen LogP contribution < -0.4 is 21.2 Å². The van der Waals surface area contributed by atoms with Gasteiger partial charge >= 0.3 is 0 Å². The molecule has 0 aromatic heterocycles. The molecule has 0 saturated heterocycles. The fraction of sp³-hybridized carbons (Fsp3) is 0.133. The van der Waals surface area contributed by atoms with Crippen LogP contribution in [0.5, 0.6) is 0 Å². The summed E-state index contributed by atoms with van der Waals surface area (Å²) in [5.74, 6) is 4.96. The molecule has 0 nitrogen and oxygen atoms in total. The van der Waals surface area contributed by atoms with E-state index in [4.69, 9.17) is 0 Å². The summed E-state index contributed by atoms with van der Waals surface area (Å²) >= 11 is 0. The van der Waals surface area contributed by atoms with E-state index in [0.29, 0.717) is 0 Å². The molecule has 4 rings (SSSR count). The standard InChI is InChI=1S/C30H30P2/c1-23-5-13-27(14-6-23)31(28-15-7-24(2)8-16-28)21-22-32(29-17-9-25(3)10-18-29)30-19-11-26(4)12-20-30/h5-22H,1-4H3/b22-21+. The number of aryl methyl sites for hydroxylation is 4. The lowest BCUT2D eigenvalue weighted by Gasteiger charge is -2.19. The van der Waals surface area contributed by atoms with E-state index in [1.807, 2.05) is 0 Å². The highest BCUT2D eigenvalue weighted by Gasteiger charge is 2.15. The SMILES string of the molecule is Cc1ccc(P(/C=C/P(c2ccc(C)cc2)c2ccc(C)cc2)c2ccc(C)cc2)cc1. The van der Waals surface area contributed by atoms with Gasteiger partial charge in [0, 0.05) is 0 Å². The van der Waals surface area contributed by atoms with Crippen molar-refractivity contribution in [1.29, 1.82) is 0 Å². The Bertz CT molecular complexity index is 982. The van der Waals surface area contributed by atoms with Gasteiger partial charge in [0.05, 0.1) is 0 Å². The van der Waals surface area contributed by atoms with Crippen LogP contribution in [0.1, 0.15) is 22.3 Å². The van der Waals surface area contributed by atoms with E-state index in [0.717, 1.165) is 0 Å². The lowest BCUT2D eigenvalue weighted by molar-refractivity contribution is 1.49. The Balaban J connectivity index is 1.77. The molecule has 0 N–H and O–H groups in total. The molecule has 4 aromatic rings. The maximum Gasteiger partial charge on any atom is -0.0156 e. The Morgan fingerprint density at radius 3 is 0.719 bits per heavy atom. The lowest BCUT2D eigenvalue weighted by atomic mass is 10.2. The summed E-state index contributed by atoms with van der Waals surface area (Å²) in [5.41, 5.74) is 5.22. The topological polar surface area (TPSA) is 0 Å². The molecule has 0 aliphatic rings. The van der Waals surface area contributed by atoms with Crippen molar-refractivity contribution in [3.05, 3.63) is 131 Å². The van der Waals surface area contributed by atoms with E-state index in [2.05, 4.69) is 136 Å². The van der Waals surface area contributed by atoms with Crippen LogP contribution >= 0.6 is 15.8 Å². The van der Waals surface area contributed by atoms with Crippen molar-refractivity contribution in [3.8, 4) is 0 Å². The third kappa shape index (κ3) is 5.63. The second-order valence-corrected chi connectivity index (χ2v) is 12.5. The Morgan fingerprint density at radius 2 is 0.531 bits per heavy atom. The van der Waals surface area contributed by atoms with Crippen LogP contribution in [0, 0.1) is 27.7 Å². The van der Waals surface area contributed by atoms with Crippen molar-refractivity contribution in [3.63, 3.8) is 0 Å². The molecule has 0 bridgehead atoms. The average molecular weight is 453 g/mol. The molecule has 0 aliphatic carbocycles. The molecule has 0 spiro atoms. The minimum atomic E-state index is -0.566. The van der Waals surface area contributed by atoms with Gasteiger partial charge in [0.15, 0.2) is 0 Å².